The van der Waals surface area contributed by atoms with Crippen LogP contribution in [0.5, 0.6) is 17.2 Å². The van der Waals surface area contributed by atoms with Gasteiger partial charge >= 0.3 is 6.09 Å². The Morgan fingerprint density at radius 3 is 2.32 bits per heavy atom. The van der Waals surface area contributed by atoms with E-state index in [0.717, 1.165) is 16.7 Å². The van der Waals surface area contributed by atoms with E-state index in [4.69, 9.17) is 18.9 Å². The molecule has 204 valence electrons. The number of anilines is 1. The first-order chi connectivity index (χ1) is 18.3. The standard InChI is InChI=1S/C28H35N3O7/c1-6-38-28(34)31-13-11-30(12-14-31)22-10-8-19-20(16-23(22)33)21(29-17(2)32)9-7-18-15-24(35-3)26(36-4)27(37-5)25(18)19/h8,10,15-16,21H,6-7,9,11-14H2,1-5H3,(H,29,32). The van der Waals surface area contributed by atoms with Crippen molar-refractivity contribution in [2.75, 3.05) is 59.0 Å². The summed E-state index contributed by atoms with van der Waals surface area (Å²) < 4.78 is 22.2. The maximum Gasteiger partial charge on any atom is 0.409 e. The molecule has 0 spiro atoms. The lowest BCUT2D eigenvalue weighted by Gasteiger charge is -2.34. The molecule has 0 aromatic heterocycles. The summed E-state index contributed by atoms with van der Waals surface area (Å²) >= 11 is 0. The molecule has 1 unspecified atom stereocenters. The van der Waals surface area contributed by atoms with Gasteiger partial charge in [0, 0.05) is 38.7 Å². The van der Waals surface area contributed by atoms with Gasteiger partial charge in [-0.3, -0.25) is 9.59 Å². The molecule has 4 rings (SSSR count). The Morgan fingerprint density at radius 1 is 1.00 bits per heavy atom. The zero-order chi connectivity index (χ0) is 27.4. The van der Waals surface area contributed by atoms with Crippen LogP contribution in [0.15, 0.2) is 29.1 Å². The number of amides is 2. The van der Waals surface area contributed by atoms with E-state index in [1.807, 2.05) is 23.1 Å². The van der Waals surface area contributed by atoms with E-state index in [1.54, 1.807) is 39.2 Å². The summed E-state index contributed by atoms with van der Waals surface area (Å²) in [6, 6.07) is 6.91. The summed E-state index contributed by atoms with van der Waals surface area (Å²) in [4.78, 5) is 41.5. The topological polar surface area (TPSA) is 107 Å². The van der Waals surface area contributed by atoms with Gasteiger partial charge < -0.3 is 34.1 Å². The lowest BCUT2D eigenvalue weighted by atomic mass is 9.95. The molecule has 0 saturated carbocycles. The van der Waals surface area contributed by atoms with E-state index in [-0.39, 0.29) is 23.5 Å². The number of hydrogen-bond donors (Lipinski definition) is 1. The van der Waals surface area contributed by atoms with Crippen molar-refractivity contribution in [2.45, 2.75) is 32.7 Å². The Morgan fingerprint density at radius 2 is 1.71 bits per heavy atom. The lowest BCUT2D eigenvalue weighted by molar-refractivity contribution is -0.119. The highest BCUT2D eigenvalue weighted by Gasteiger charge is 2.30. The molecule has 2 amide bonds. The number of rotatable bonds is 6. The number of fused-ring (bicyclic) bond motifs is 3. The van der Waals surface area contributed by atoms with Gasteiger partial charge in [0.05, 0.1) is 39.7 Å². The van der Waals surface area contributed by atoms with Crippen LogP contribution in [0, 0.1) is 0 Å². The quantitative estimate of drug-likeness (QED) is 0.613. The van der Waals surface area contributed by atoms with Gasteiger partial charge in [-0.2, -0.15) is 0 Å². The summed E-state index contributed by atoms with van der Waals surface area (Å²) in [6.07, 6.45) is 0.882. The monoisotopic (exact) mass is 525 g/mol. The molecule has 1 aliphatic carbocycles. The average molecular weight is 526 g/mol. The fourth-order valence-corrected chi connectivity index (χ4v) is 5.31. The van der Waals surface area contributed by atoms with Crippen LogP contribution in [-0.4, -0.2) is 71.0 Å². The average Bonchev–Trinajstić information content (AvgIpc) is 3.16. The van der Waals surface area contributed by atoms with Crippen LogP contribution in [0.25, 0.3) is 11.1 Å². The molecule has 2 aromatic carbocycles. The number of ether oxygens (including phenoxy) is 4. The van der Waals surface area contributed by atoms with Gasteiger partial charge in [0.2, 0.25) is 17.1 Å². The molecule has 2 aromatic rings. The van der Waals surface area contributed by atoms with Crippen molar-refractivity contribution in [3.05, 3.63) is 45.6 Å². The fraction of sp³-hybridized carbons (Fsp3) is 0.464. The van der Waals surface area contributed by atoms with Gasteiger partial charge in [-0.25, -0.2) is 4.79 Å². The van der Waals surface area contributed by atoms with Crippen LogP contribution in [0.2, 0.25) is 0 Å². The maximum atomic E-state index is 13.6. The number of piperazine rings is 1. The molecule has 1 saturated heterocycles. The Kier molecular flexibility index (Phi) is 8.29. The Bertz CT molecular complexity index is 1270. The van der Waals surface area contributed by atoms with Crippen molar-refractivity contribution >= 4 is 17.7 Å². The number of hydrogen-bond acceptors (Lipinski definition) is 8. The molecular weight excluding hydrogens is 490 g/mol. The number of carbonyl (C=O) groups is 2. The van der Waals surface area contributed by atoms with Gasteiger partial charge in [-0.15, -0.1) is 0 Å². The van der Waals surface area contributed by atoms with E-state index in [2.05, 4.69) is 5.32 Å². The lowest BCUT2D eigenvalue weighted by Crippen LogP contribution is -2.49. The molecular formula is C28H35N3O7. The fourth-order valence-electron chi connectivity index (χ4n) is 5.31. The number of methoxy groups -OCH3 is 3. The van der Waals surface area contributed by atoms with Crippen molar-refractivity contribution in [3.8, 4) is 28.4 Å². The van der Waals surface area contributed by atoms with Gasteiger partial charge in [-0.05, 0) is 54.7 Å². The van der Waals surface area contributed by atoms with E-state index in [0.29, 0.717) is 74.1 Å². The summed E-state index contributed by atoms with van der Waals surface area (Å²) in [7, 11) is 4.70. The molecule has 38 heavy (non-hydrogen) atoms. The van der Waals surface area contributed by atoms with Crippen molar-refractivity contribution in [1.29, 1.82) is 0 Å². The van der Waals surface area contributed by atoms with Crippen LogP contribution < -0.4 is 29.9 Å². The highest BCUT2D eigenvalue weighted by molar-refractivity contribution is 5.84. The van der Waals surface area contributed by atoms with Crippen LogP contribution in [0.1, 0.15) is 37.4 Å². The molecule has 1 N–H and O–H groups in total. The first-order valence-electron chi connectivity index (χ1n) is 12.8. The number of benzene rings is 1. The van der Waals surface area contributed by atoms with E-state index >= 15 is 0 Å². The van der Waals surface area contributed by atoms with Gasteiger partial charge in [0.15, 0.2) is 11.5 Å². The molecule has 0 radical (unpaired) electrons. The third-order valence-electron chi connectivity index (χ3n) is 7.04. The SMILES string of the molecule is CCOC(=O)N1CCN(c2ccc3c(cc2=O)C(NC(C)=O)CCc2cc(OC)c(OC)c(OC)c2-3)CC1. The molecule has 1 heterocycles. The zero-order valence-electron chi connectivity index (χ0n) is 22.6. The summed E-state index contributed by atoms with van der Waals surface area (Å²) in [5.41, 5.74) is 3.64. The first-order valence-corrected chi connectivity index (χ1v) is 12.8. The van der Waals surface area contributed by atoms with Gasteiger partial charge in [0.1, 0.15) is 0 Å². The van der Waals surface area contributed by atoms with Crippen molar-refractivity contribution in [1.82, 2.24) is 10.2 Å². The highest BCUT2D eigenvalue weighted by Crippen LogP contribution is 2.50. The minimum Gasteiger partial charge on any atom is -0.493 e. The van der Waals surface area contributed by atoms with Crippen molar-refractivity contribution in [2.24, 2.45) is 0 Å². The van der Waals surface area contributed by atoms with E-state index in [9.17, 15) is 14.4 Å². The predicted octanol–water partition coefficient (Wildman–Crippen LogP) is 3.14. The van der Waals surface area contributed by atoms with Gasteiger partial charge in [-0.1, -0.05) is 6.07 Å². The third-order valence-corrected chi connectivity index (χ3v) is 7.04. The molecule has 0 bridgehead atoms. The Labute approximate surface area is 222 Å². The maximum absolute atomic E-state index is 13.6. The largest absolute Gasteiger partial charge is 0.493 e. The van der Waals surface area contributed by atoms with Crippen molar-refractivity contribution in [3.63, 3.8) is 0 Å². The molecule has 1 fully saturated rings. The summed E-state index contributed by atoms with van der Waals surface area (Å²) in [6.45, 7) is 5.49. The first kappa shape index (κ1) is 27.1. The molecule has 1 aliphatic heterocycles. The number of nitrogens with one attached hydrogen (secondary N) is 1. The third kappa shape index (κ3) is 5.20. The molecule has 2 aliphatic rings. The second-order valence-electron chi connectivity index (χ2n) is 9.24. The summed E-state index contributed by atoms with van der Waals surface area (Å²) in [5, 5.41) is 3.02. The molecule has 10 nitrogen and oxygen atoms in total. The van der Waals surface area contributed by atoms with Crippen LogP contribution in [0.3, 0.4) is 0 Å². The van der Waals surface area contributed by atoms with E-state index < -0.39 is 0 Å². The number of aryl methyl sites for hydroxylation is 1. The number of carbonyl (C=O) groups excluding carboxylic acids is 2. The smallest absolute Gasteiger partial charge is 0.409 e. The molecule has 10 heteroatoms. The molecule has 1 atom stereocenters. The predicted molar refractivity (Wildman–Crippen MR) is 143 cm³/mol. The van der Waals surface area contributed by atoms with Crippen LogP contribution in [0.4, 0.5) is 10.5 Å². The second kappa shape index (κ2) is 11.6. The Hall–Kier alpha value is -3.95. The normalized spacial score (nSPS) is 16.5. The minimum atomic E-state index is -0.370. The minimum absolute atomic E-state index is 0.158. The van der Waals surface area contributed by atoms with Crippen LogP contribution >= 0.6 is 0 Å². The summed E-state index contributed by atoms with van der Waals surface area (Å²) in [5.74, 6) is 1.34. The zero-order valence-corrected chi connectivity index (χ0v) is 22.6. The highest BCUT2D eigenvalue weighted by atomic mass is 16.6. The van der Waals surface area contributed by atoms with E-state index in [1.165, 1.54) is 6.92 Å². The number of nitrogens with zero attached hydrogens (tertiary/aromatic N) is 2. The second-order valence-corrected chi connectivity index (χ2v) is 9.24. The van der Waals surface area contributed by atoms with Crippen LogP contribution in [-0.2, 0) is 16.0 Å². The Balaban J connectivity index is 1.84. The van der Waals surface area contributed by atoms with Gasteiger partial charge in [0.25, 0.3) is 0 Å². The van der Waals surface area contributed by atoms with Crippen molar-refractivity contribution < 1.29 is 28.5 Å².